The molecular formula is C20H24N2O3S2. The Labute approximate surface area is 166 Å². The third-order valence-electron chi connectivity index (χ3n) is 4.81. The fourth-order valence-electron chi connectivity index (χ4n) is 3.22. The van der Waals surface area contributed by atoms with Gasteiger partial charge < -0.3 is 15.0 Å². The molecule has 1 saturated heterocycles. The summed E-state index contributed by atoms with van der Waals surface area (Å²) in [6, 6.07) is 15.5. The van der Waals surface area contributed by atoms with E-state index in [1.165, 1.54) is 0 Å². The Morgan fingerprint density at radius 3 is 2.52 bits per heavy atom. The van der Waals surface area contributed by atoms with Gasteiger partial charge in [0.2, 0.25) is 0 Å². The van der Waals surface area contributed by atoms with Gasteiger partial charge in [-0.15, -0.1) is 0 Å². The molecule has 7 heteroatoms. The molecule has 0 aliphatic carbocycles. The lowest BCUT2D eigenvalue weighted by Crippen LogP contribution is -2.43. The van der Waals surface area contributed by atoms with Crippen molar-refractivity contribution in [2.24, 2.45) is 0 Å². The first-order chi connectivity index (χ1) is 12.9. The maximum atomic E-state index is 12.0. The van der Waals surface area contributed by atoms with E-state index in [-0.39, 0.29) is 17.5 Å². The number of thiocarbonyl (C=S) groups is 1. The number of para-hydroxylation sites is 1. The number of methoxy groups -OCH3 is 1. The summed E-state index contributed by atoms with van der Waals surface area (Å²) >= 11 is 5.67. The monoisotopic (exact) mass is 404 g/mol. The molecule has 0 unspecified atom stereocenters. The quantitative estimate of drug-likeness (QED) is 0.771. The van der Waals surface area contributed by atoms with Gasteiger partial charge in [0.1, 0.15) is 5.75 Å². The number of nitrogens with one attached hydrogen (secondary N) is 1. The van der Waals surface area contributed by atoms with Crippen molar-refractivity contribution in [1.82, 2.24) is 4.90 Å². The SMILES string of the molecule is COc1ccc(CN(C(=S)Nc2ccccc2C)[C@H]2CCS(=O)(=O)C2)cc1. The zero-order valence-corrected chi connectivity index (χ0v) is 17.1. The topological polar surface area (TPSA) is 58.6 Å². The van der Waals surface area contributed by atoms with Gasteiger partial charge in [0.05, 0.1) is 18.6 Å². The number of hydrogen-bond acceptors (Lipinski definition) is 4. The Kier molecular flexibility index (Phi) is 6.01. The highest BCUT2D eigenvalue weighted by molar-refractivity contribution is 7.91. The van der Waals surface area contributed by atoms with Crippen LogP contribution in [0, 0.1) is 6.92 Å². The summed E-state index contributed by atoms with van der Waals surface area (Å²) in [7, 11) is -1.38. The van der Waals surface area contributed by atoms with Crippen LogP contribution in [0.4, 0.5) is 5.69 Å². The highest BCUT2D eigenvalue weighted by Crippen LogP contribution is 2.23. The van der Waals surface area contributed by atoms with Crippen LogP contribution in [0.1, 0.15) is 17.5 Å². The number of nitrogens with zero attached hydrogens (tertiary/aromatic N) is 1. The van der Waals surface area contributed by atoms with Gasteiger partial charge in [0.15, 0.2) is 14.9 Å². The summed E-state index contributed by atoms with van der Waals surface area (Å²) in [5.41, 5.74) is 3.07. The number of rotatable bonds is 5. The third kappa shape index (κ3) is 4.99. The van der Waals surface area contributed by atoms with Crippen molar-refractivity contribution >= 4 is 32.9 Å². The smallest absolute Gasteiger partial charge is 0.174 e. The van der Waals surface area contributed by atoms with Gasteiger partial charge in [-0.25, -0.2) is 8.42 Å². The van der Waals surface area contributed by atoms with Gasteiger partial charge in [0.25, 0.3) is 0 Å². The molecular weight excluding hydrogens is 380 g/mol. The molecule has 2 aromatic rings. The van der Waals surface area contributed by atoms with E-state index in [9.17, 15) is 8.42 Å². The molecule has 5 nitrogen and oxygen atoms in total. The molecule has 144 valence electrons. The van der Waals surface area contributed by atoms with E-state index in [2.05, 4.69) is 5.32 Å². The van der Waals surface area contributed by atoms with Crippen molar-refractivity contribution in [2.75, 3.05) is 23.9 Å². The molecule has 27 heavy (non-hydrogen) atoms. The standard InChI is InChI=1S/C20H24N2O3S2/c1-15-5-3-4-6-19(15)21-20(26)22(17-11-12-27(23,24)14-17)13-16-7-9-18(25-2)10-8-16/h3-10,17H,11-14H2,1-2H3,(H,21,26)/t17-/m0/s1. The molecule has 0 saturated carbocycles. The second-order valence-electron chi connectivity index (χ2n) is 6.78. The molecule has 1 fully saturated rings. The first-order valence-corrected chi connectivity index (χ1v) is 11.1. The van der Waals surface area contributed by atoms with E-state index in [4.69, 9.17) is 17.0 Å². The minimum absolute atomic E-state index is 0.124. The number of hydrogen-bond donors (Lipinski definition) is 1. The van der Waals surface area contributed by atoms with Crippen molar-refractivity contribution in [3.05, 3.63) is 59.7 Å². The molecule has 1 heterocycles. The van der Waals surface area contributed by atoms with E-state index in [1.807, 2.05) is 60.4 Å². The predicted octanol–water partition coefficient (Wildman–Crippen LogP) is 3.39. The number of ether oxygens (including phenoxy) is 1. The van der Waals surface area contributed by atoms with Gasteiger partial charge in [-0.05, 0) is 54.9 Å². The molecule has 1 aliphatic heterocycles. The minimum atomic E-state index is -3.01. The first-order valence-electron chi connectivity index (χ1n) is 8.84. The van der Waals surface area contributed by atoms with Crippen LogP contribution in [0.2, 0.25) is 0 Å². The second kappa shape index (κ2) is 8.27. The van der Waals surface area contributed by atoms with Crippen LogP contribution in [0.15, 0.2) is 48.5 Å². The second-order valence-corrected chi connectivity index (χ2v) is 9.39. The fourth-order valence-corrected chi connectivity index (χ4v) is 5.27. The largest absolute Gasteiger partial charge is 0.497 e. The van der Waals surface area contributed by atoms with E-state index < -0.39 is 9.84 Å². The summed E-state index contributed by atoms with van der Waals surface area (Å²) in [5.74, 6) is 1.14. The summed E-state index contributed by atoms with van der Waals surface area (Å²) in [6.45, 7) is 2.56. The first kappa shape index (κ1) is 19.6. The van der Waals surface area contributed by atoms with Crippen molar-refractivity contribution in [3.8, 4) is 5.75 Å². The van der Waals surface area contributed by atoms with Crippen molar-refractivity contribution in [2.45, 2.75) is 25.9 Å². The predicted molar refractivity (Wildman–Crippen MR) is 113 cm³/mol. The normalized spacial score (nSPS) is 18.1. The number of benzene rings is 2. The zero-order valence-electron chi connectivity index (χ0n) is 15.5. The molecule has 0 spiro atoms. The third-order valence-corrected chi connectivity index (χ3v) is 6.90. The molecule has 0 radical (unpaired) electrons. The van der Waals surface area contributed by atoms with Gasteiger partial charge >= 0.3 is 0 Å². The van der Waals surface area contributed by atoms with E-state index in [0.29, 0.717) is 18.1 Å². The highest BCUT2D eigenvalue weighted by atomic mass is 32.2. The summed E-state index contributed by atoms with van der Waals surface area (Å²) in [6.07, 6.45) is 0.591. The number of aryl methyl sites for hydroxylation is 1. The molecule has 2 aromatic carbocycles. The van der Waals surface area contributed by atoms with Gasteiger partial charge in [-0.2, -0.15) is 0 Å². The lowest BCUT2D eigenvalue weighted by Gasteiger charge is -2.31. The molecule has 0 amide bonds. The molecule has 1 atom stereocenters. The molecule has 3 rings (SSSR count). The van der Waals surface area contributed by atoms with Crippen molar-refractivity contribution < 1.29 is 13.2 Å². The van der Waals surface area contributed by atoms with Crippen molar-refractivity contribution in [1.29, 1.82) is 0 Å². The van der Waals surface area contributed by atoms with Crippen LogP contribution in [0.3, 0.4) is 0 Å². The number of sulfone groups is 1. The highest BCUT2D eigenvalue weighted by Gasteiger charge is 2.33. The Morgan fingerprint density at radius 1 is 1.22 bits per heavy atom. The Morgan fingerprint density at radius 2 is 1.93 bits per heavy atom. The average molecular weight is 405 g/mol. The summed E-state index contributed by atoms with van der Waals surface area (Å²) < 4.78 is 29.2. The van der Waals surface area contributed by atoms with E-state index >= 15 is 0 Å². The van der Waals surface area contributed by atoms with Crippen molar-refractivity contribution in [3.63, 3.8) is 0 Å². The Bertz CT molecular complexity index is 911. The van der Waals surface area contributed by atoms with Crippen LogP contribution in [-0.2, 0) is 16.4 Å². The number of anilines is 1. The molecule has 1 N–H and O–H groups in total. The van der Waals surface area contributed by atoms with Crippen LogP contribution in [-0.4, -0.2) is 43.1 Å². The maximum Gasteiger partial charge on any atom is 0.174 e. The summed E-state index contributed by atoms with van der Waals surface area (Å²) in [5, 5.41) is 3.84. The average Bonchev–Trinajstić information content (AvgIpc) is 3.01. The zero-order chi connectivity index (χ0) is 19.4. The Hall–Kier alpha value is -2.12. The van der Waals surface area contributed by atoms with Crippen LogP contribution < -0.4 is 10.1 Å². The molecule has 0 bridgehead atoms. The lowest BCUT2D eigenvalue weighted by atomic mass is 10.1. The summed E-state index contributed by atoms with van der Waals surface area (Å²) in [4.78, 5) is 1.99. The fraction of sp³-hybridized carbons (Fsp3) is 0.350. The molecule has 0 aromatic heterocycles. The maximum absolute atomic E-state index is 12.0. The van der Waals surface area contributed by atoms with Gasteiger partial charge in [0, 0.05) is 18.3 Å². The van der Waals surface area contributed by atoms with Crippen LogP contribution in [0.25, 0.3) is 0 Å². The van der Waals surface area contributed by atoms with E-state index in [1.54, 1.807) is 7.11 Å². The Balaban J connectivity index is 1.82. The molecule has 1 aliphatic rings. The van der Waals surface area contributed by atoms with E-state index in [0.717, 1.165) is 22.6 Å². The minimum Gasteiger partial charge on any atom is -0.497 e. The van der Waals surface area contributed by atoms with Gasteiger partial charge in [-0.3, -0.25) is 0 Å². The van der Waals surface area contributed by atoms with Crippen LogP contribution >= 0.6 is 12.2 Å². The van der Waals surface area contributed by atoms with Gasteiger partial charge in [-0.1, -0.05) is 30.3 Å². The lowest BCUT2D eigenvalue weighted by molar-refractivity contribution is 0.332. The van der Waals surface area contributed by atoms with Crippen LogP contribution in [0.5, 0.6) is 5.75 Å².